The van der Waals surface area contributed by atoms with Crippen molar-refractivity contribution in [2.75, 3.05) is 19.0 Å². The van der Waals surface area contributed by atoms with E-state index in [1.54, 1.807) is 19.9 Å². The topological polar surface area (TPSA) is 93.2 Å². The fourth-order valence-corrected chi connectivity index (χ4v) is 5.53. The molecule has 4 rings (SSSR count). The Morgan fingerprint density at radius 1 is 0.975 bits per heavy atom. The molecule has 0 saturated heterocycles. The Hall–Kier alpha value is -3.46. The van der Waals surface area contributed by atoms with Crippen molar-refractivity contribution in [3.8, 4) is 17.3 Å². The van der Waals surface area contributed by atoms with Gasteiger partial charge in [-0.25, -0.2) is 4.21 Å². The lowest BCUT2D eigenvalue weighted by Gasteiger charge is -2.24. The number of methoxy groups -OCH3 is 1. The van der Waals surface area contributed by atoms with Gasteiger partial charge in [-0.15, -0.1) is 0 Å². The fraction of sp³-hybridized carbons (Fsp3) is 0.233. The number of aromatic nitrogens is 2. The lowest BCUT2D eigenvalue weighted by Crippen LogP contribution is -2.41. The highest BCUT2D eigenvalue weighted by molar-refractivity contribution is 7.82. The first kappa shape index (κ1) is 29.5. The van der Waals surface area contributed by atoms with Crippen LogP contribution in [0.4, 0.5) is 5.82 Å². The zero-order valence-corrected chi connectivity index (χ0v) is 24.7. The Morgan fingerprint density at radius 3 is 2.48 bits per heavy atom. The summed E-state index contributed by atoms with van der Waals surface area (Å²) in [5.74, 6) is 0.497. The molecule has 0 spiro atoms. The van der Waals surface area contributed by atoms with E-state index in [9.17, 15) is 9.00 Å². The van der Waals surface area contributed by atoms with Gasteiger partial charge in [0.1, 0.15) is 16.8 Å². The van der Waals surface area contributed by atoms with Gasteiger partial charge in [0.05, 0.1) is 24.0 Å². The number of rotatable bonds is 11. The van der Waals surface area contributed by atoms with Crippen LogP contribution in [0.1, 0.15) is 30.5 Å². The van der Waals surface area contributed by atoms with Crippen molar-refractivity contribution in [2.45, 2.75) is 31.4 Å². The van der Waals surface area contributed by atoms with Crippen LogP contribution in [0.5, 0.6) is 6.01 Å². The molecule has 10 heteroatoms. The predicted octanol–water partition coefficient (Wildman–Crippen LogP) is 6.37. The molecule has 208 valence electrons. The molecule has 1 amide bonds. The summed E-state index contributed by atoms with van der Waals surface area (Å²) in [6, 6.07) is 24.4. The van der Waals surface area contributed by atoms with Gasteiger partial charge in [0.2, 0.25) is 5.91 Å². The van der Waals surface area contributed by atoms with Gasteiger partial charge >= 0.3 is 6.01 Å². The van der Waals surface area contributed by atoms with E-state index in [1.165, 1.54) is 7.11 Å². The third-order valence-electron chi connectivity index (χ3n) is 6.40. The third kappa shape index (κ3) is 7.59. The van der Waals surface area contributed by atoms with Crippen molar-refractivity contribution in [3.05, 3.63) is 106 Å². The number of carbonyl (C=O) groups excluding carboxylic acids is 1. The molecule has 1 unspecified atom stereocenters. The minimum Gasteiger partial charge on any atom is -0.467 e. The monoisotopic (exact) mass is 596 g/mol. The molecule has 0 bridgehead atoms. The normalized spacial score (nSPS) is 12.0. The summed E-state index contributed by atoms with van der Waals surface area (Å²) >= 11 is 12.3. The Balaban J connectivity index is 1.49. The van der Waals surface area contributed by atoms with Crippen molar-refractivity contribution in [3.63, 3.8) is 0 Å². The first-order chi connectivity index (χ1) is 19.2. The summed E-state index contributed by atoms with van der Waals surface area (Å²) in [7, 11) is -0.0403. The fourth-order valence-electron chi connectivity index (χ4n) is 4.00. The van der Waals surface area contributed by atoms with E-state index >= 15 is 0 Å². The molecule has 1 atom stereocenters. The Labute approximate surface area is 246 Å². The molecule has 2 N–H and O–H groups in total. The minimum absolute atomic E-state index is 0.211. The molecular weight excluding hydrogens is 567 g/mol. The number of nitrogens with one attached hydrogen (secondary N) is 2. The molecule has 7 nitrogen and oxygen atoms in total. The average Bonchev–Trinajstić information content (AvgIpc) is 2.94. The van der Waals surface area contributed by atoms with Gasteiger partial charge in [0.15, 0.2) is 0 Å². The van der Waals surface area contributed by atoms with Crippen LogP contribution in [0.3, 0.4) is 0 Å². The molecule has 0 fully saturated rings. The van der Waals surface area contributed by atoms with Crippen LogP contribution in [-0.2, 0) is 33.4 Å². The Morgan fingerprint density at radius 2 is 1.75 bits per heavy atom. The smallest absolute Gasteiger partial charge is 0.318 e. The number of amides is 1. The maximum Gasteiger partial charge on any atom is 0.318 e. The van der Waals surface area contributed by atoms with Gasteiger partial charge in [-0.05, 0) is 55.2 Å². The predicted molar refractivity (Wildman–Crippen MR) is 162 cm³/mol. The van der Waals surface area contributed by atoms with Crippen molar-refractivity contribution < 1.29 is 13.7 Å². The molecule has 3 aromatic carbocycles. The minimum atomic E-state index is -1.55. The number of carbonyl (C=O) groups is 1. The van der Waals surface area contributed by atoms with Crippen molar-refractivity contribution >= 4 is 45.9 Å². The summed E-state index contributed by atoms with van der Waals surface area (Å²) in [6.07, 6.45) is 0.669. The van der Waals surface area contributed by atoms with Crippen molar-refractivity contribution in [1.29, 1.82) is 0 Å². The van der Waals surface area contributed by atoms with Crippen molar-refractivity contribution in [2.24, 2.45) is 0 Å². The number of hydrogen-bond donors (Lipinski definition) is 2. The molecule has 0 aliphatic carbocycles. The highest BCUT2D eigenvalue weighted by Gasteiger charge is 2.31. The summed E-state index contributed by atoms with van der Waals surface area (Å²) in [5.41, 5.74) is 3.08. The van der Waals surface area contributed by atoms with E-state index in [1.807, 2.05) is 72.8 Å². The van der Waals surface area contributed by atoms with Crippen LogP contribution in [0.2, 0.25) is 10.0 Å². The Kier molecular flexibility index (Phi) is 9.79. The standard InChI is InChI=1S/C30H30Cl2N4O3S/c1-30(2,28(37)36-40(38)19-20-8-5-4-6-9-20)23-11-7-10-22(16-23)26-18-27(35-29(34-26)39-3)33-15-14-21-12-13-24(31)17-25(21)32/h4-13,16-18H,14-15,19H2,1-3H3,(H,36,37)(H,33,34,35). The van der Waals surface area contributed by atoms with Crippen LogP contribution < -0.4 is 14.8 Å². The number of nitrogens with zero attached hydrogens (tertiary/aromatic N) is 2. The van der Waals surface area contributed by atoms with Crippen LogP contribution in [0.15, 0.2) is 78.9 Å². The molecule has 0 saturated carbocycles. The maximum absolute atomic E-state index is 13.2. The third-order valence-corrected chi connectivity index (χ3v) is 7.99. The van der Waals surface area contributed by atoms with Gasteiger partial charge in [-0.3, -0.25) is 9.52 Å². The second-order valence-corrected chi connectivity index (χ2v) is 11.7. The van der Waals surface area contributed by atoms with Gasteiger partial charge < -0.3 is 10.1 Å². The number of halogens is 2. The first-order valence-electron chi connectivity index (χ1n) is 12.6. The zero-order valence-electron chi connectivity index (χ0n) is 22.4. The largest absolute Gasteiger partial charge is 0.467 e. The second-order valence-electron chi connectivity index (χ2n) is 9.65. The van der Waals surface area contributed by atoms with E-state index < -0.39 is 16.4 Å². The molecule has 40 heavy (non-hydrogen) atoms. The number of anilines is 1. The second kappa shape index (κ2) is 13.3. The molecule has 0 aliphatic heterocycles. The molecule has 4 aromatic rings. The van der Waals surface area contributed by atoms with Gasteiger partial charge in [-0.1, -0.05) is 77.8 Å². The number of hydrogen-bond acceptors (Lipinski definition) is 6. The lowest BCUT2D eigenvalue weighted by molar-refractivity contribution is -0.123. The summed E-state index contributed by atoms with van der Waals surface area (Å²) in [5, 5.41) is 4.51. The van der Waals surface area contributed by atoms with E-state index in [0.717, 1.165) is 22.3 Å². The molecule has 1 aromatic heterocycles. The van der Waals surface area contributed by atoms with E-state index in [-0.39, 0.29) is 17.7 Å². The van der Waals surface area contributed by atoms with Gasteiger partial charge in [-0.2, -0.15) is 9.97 Å². The van der Waals surface area contributed by atoms with E-state index in [2.05, 4.69) is 20.0 Å². The van der Waals surface area contributed by atoms with Gasteiger partial charge in [0.25, 0.3) is 0 Å². The van der Waals surface area contributed by atoms with Crippen molar-refractivity contribution in [1.82, 2.24) is 14.7 Å². The molecular formula is C30H30Cl2N4O3S. The SMILES string of the molecule is COc1nc(NCCc2ccc(Cl)cc2Cl)cc(-c2cccc(C(C)(C)C(=O)NS(=O)Cc3ccccc3)c2)n1. The van der Waals surface area contributed by atoms with Crippen LogP contribution >= 0.6 is 23.2 Å². The number of benzene rings is 3. The van der Waals surface area contributed by atoms with Gasteiger partial charge in [0, 0.05) is 28.2 Å². The quantitative estimate of drug-likeness (QED) is 0.209. The van der Waals surface area contributed by atoms with Crippen LogP contribution in [-0.4, -0.2) is 33.7 Å². The van der Waals surface area contributed by atoms with E-state index in [4.69, 9.17) is 27.9 Å². The molecule has 0 aliphatic rings. The molecule has 1 heterocycles. The summed E-state index contributed by atoms with van der Waals surface area (Å²) in [6.45, 7) is 4.18. The highest BCUT2D eigenvalue weighted by atomic mass is 35.5. The molecule has 0 radical (unpaired) electrons. The average molecular weight is 598 g/mol. The maximum atomic E-state index is 13.2. The zero-order chi connectivity index (χ0) is 28.7. The number of ether oxygens (including phenoxy) is 1. The lowest BCUT2D eigenvalue weighted by atomic mass is 9.83. The Bertz CT molecular complexity index is 1520. The van der Waals surface area contributed by atoms with E-state index in [0.29, 0.717) is 34.5 Å². The first-order valence-corrected chi connectivity index (χ1v) is 14.7. The van der Waals surface area contributed by atoms with Crippen LogP contribution in [0.25, 0.3) is 11.3 Å². The van der Waals surface area contributed by atoms with Crippen LogP contribution in [0, 0.1) is 0 Å². The highest BCUT2D eigenvalue weighted by Crippen LogP contribution is 2.30. The summed E-state index contributed by atoms with van der Waals surface area (Å²) in [4.78, 5) is 22.1. The summed E-state index contributed by atoms with van der Waals surface area (Å²) < 4.78 is 20.6.